The first-order valence-electron chi connectivity index (χ1n) is 12.0. The number of nitrogens with zero attached hydrogens (tertiary/aromatic N) is 2. The van der Waals surface area contributed by atoms with E-state index in [1.807, 2.05) is 18.2 Å². The van der Waals surface area contributed by atoms with Crippen LogP contribution in [0.15, 0.2) is 59.9 Å². The minimum atomic E-state index is -0.652. The molecule has 2 aliphatic rings. The van der Waals surface area contributed by atoms with Gasteiger partial charge in [-0.15, -0.1) is 0 Å². The number of hydrogen-bond donors (Lipinski definition) is 3. The monoisotopic (exact) mass is 493 g/mol. The summed E-state index contributed by atoms with van der Waals surface area (Å²) < 4.78 is 10.6. The SMILES string of the molecule is CCOC(=O)C1=C(CN2CCC(C(=O)Nc3ccccn3)CC2)NC(=O)NC1c1ccc(OC)cc1. The number of rotatable bonds is 8. The topological polar surface area (TPSA) is 122 Å². The molecule has 3 N–H and O–H groups in total. The highest BCUT2D eigenvalue weighted by Gasteiger charge is 2.35. The predicted octanol–water partition coefficient (Wildman–Crippen LogP) is 2.61. The maximum Gasteiger partial charge on any atom is 0.338 e. The predicted molar refractivity (Wildman–Crippen MR) is 133 cm³/mol. The minimum absolute atomic E-state index is 0.0467. The third-order valence-corrected chi connectivity index (χ3v) is 6.35. The summed E-state index contributed by atoms with van der Waals surface area (Å²) in [5.74, 6) is 0.559. The lowest BCUT2D eigenvalue weighted by Gasteiger charge is -2.35. The van der Waals surface area contributed by atoms with Crippen molar-refractivity contribution in [3.8, 4) is 5.75 Å². The van der Waals surface area contributed by atoms with Crippen LogP contribution in [0.2, 0.25) is 0 Å². The number of esters is 1. The van der Waals surface area contributed by atoms with Crippen molar-refractivity contribution in [3.05, 3.63) is 65.5 Å². The average molecular weight is 494 g/mol. The number of anilines is 1. The van der Waals surface area contributed by atoms with Crippen molar-refractivity contribution in [2.75, 3.05) is 38.7 Å². The number of nitrogens with one attached hydrogen (secondary N) is 3. The Morgan fingerprint density at radius 3 is 2.53 bits per heavy atom. The molecule has 1 aromatic heterocycles. The lowest BCUT2D eigenvalue weighted by atomic mass is 9.93. The van der Waals surface area contributed by atoms with Crippen LogP contribution in [0.1, 0.15) is 31.4 Å². The number of ether oxygens (including phenoxy) is 2. The van der Waals surface area contributed by atoms with E-state index < -0.39 is 12.0 Å². The van der Waals surface area contributed by atoms with Crippen molar-refractivity contribution in [1.29, 1.82) is 0 Å². The molecular formula is C26H31N5O5. The summed E-state index contributed by atoms with van der Waals surface area (Å²) >= 11 is 0. The maximum absolute atomic E-state index is 13.0. The molecule has 10 nitrogen and oxygen atoms in total. The summed E-state index contributed by atoms with van der Waals surface area (Å²) in [6.07, 6.45) is 2.96. The molecule has 0 aliphatic carbocycles. The Morgan fingerprint density at radius 2 is 1.89 bits per heavy atom. The van der Waals surface area contributed by atoms with E-state index in [9.17, 15) is 14.4 Å². The molecule has 10 heteroatoms. The van der Waals surface area contributed by atoms with Gasteiger partial charge in [-0.3, -0.25) is 9.69 Å². The van der Waals surface area contributed by atoms with Crippen molar-refractivity contribution in [3.63, 3.8) is 0 Å². The van der Waals surface area contributed by atoms with E-state index in [0.717, 1.165) is 5.56 Å². The fourth-order valence-electron chi connectivity index (χ4n) is 4.48. The second-order valence-electron chi connectivity index (χ2n) is 8.67. The van der Waals surface area contributed by atoms with E-state index >= 15 is 0 Å². The van der Waals surface area contributed by atoms with E-state index in [2.05, 4.69) is 25.8 Å². The lowest BCUT2D eigenvalue weighted by molar-refractivity contribution is -0.139. The molecule has 1 aromatic carbocycles. The summed E-state index contributed by atoms with van der Waals surface area (Å²) in [6.45, 7) is 3.63. The number of likely N-dealkylation sites (tertiary alicyclic amines) is 1. The Kier molecular flexibility index (Phi) is 8.17. The fourth-order valence-corrected chi connectivity index (χ4v) is 4.48. The van der Waals surface area contributed by atoms with Gasteiger partial charge < -0.3 is 25.4 Å². The Bertz CT molecular complexity index is 1110. The first-order chi connectivity index (χ1) is 17.5. The van der Waals surface area contributed by atoms with Crippen LogP contribution in [0.4, 0.5) is 10.6 Å². The van der Waals surface area contributed by atoms with Gasteiger partial charge in [-0.2, -0.15) is 0 Å². The summed E-state index contributed by atoms with van der Waals surface area (Å²) in [6, 6.07) is 11.5. The zero-order valence-corrected chi connectivity index (χ0v) is 20.5. The average Bonchev–Trinajstić information content (AvgIpc) is 2.89. The summed E-state index contributed by atoms with van der Waals surface area (Å²) in [4.78, 5) is 44.5. The highest BCUT2D eigenvalue weighted by molar-refractivity contribution is 5.95. The fraction of sp³-hybridized carbons (Fsp3) is 0.385. The van der Waals surface area contributed by atoms with Crippen molar-refractivity contribution in [2.45, 2.75) is 25.8 Å². The number of piperidine rings is 1. The number of aromatic nitrogens is 1. The summed E-state index contributed by atoms with van der Waals surface area (Å²) in [7, 11) is 1.58. The van der Waals surface area contributed by atoms with Gasteiger partial charge in [-0.25, -0.2) is 14.6 Å². The number of amides is 3. The molecule has 0 bridgehead atoms. The van der Waals surface area contributed by atoms with Crippen molar-refractivity contribution >= 4 is 23.7 Å². The van der Waals surface area contributed by atoms with Crippen molar-refractivity contribution in [1.82, 2.24) is 20.5 Å². The summed E-state index contributed by atoms with van der Waals surface area (Å²) in [5, 5.41) is 8.53. The lowest BCUT2D eigenvalue weighted by Crippen LogP contribution is -2.49. The molecule has 3 heterocycles. The van der Waals surface area contributed by atoms with Gasteiger partial charge in [0.2, 0.25) is 5.91 Å². The molecule has 0 saturated carbocycles. The molecule has 4 rings (SSSR count). The zero-order valence-electron chi connectivity index (χ0n) is 20.5. The van der Waals surface area contributed by atoms with Gasteiger partial charge in [0.25, 0.3) is 0 Å². The summed E-state index contributed by atoms with van der Waals surface area (Å²) in [5.41, 5.74) is 1.63. The Labute approximate surface area is 210 Å². The molecule has 2 aromatic rings. The van der Waals surface area contributed by atoms with Crippen molar-refractivity contribution < 1.29 is 23.9 Å². The smallest absolute Gasteiger partial charge is 0.338 e. The molecule has 1 fully saturated rings. The van der Waals surface area contributed by atoms with E-state index in [0.29, 0.717) is 55.3 Å². The molecule has 0 spiro atoms. The van der Waals surface area contributed by atoms with Crippen LogP contribution in [-0.2, 0) is 14.3 Å². The van der Waals surface area contributed by atoms with Gasteiger partial charge in [-0.05, 0) is 62.7 Å². The normalized spacial score (nSPS) is 18.7. The minimum Gasteiger partial charge on any atom is -0.497 e. The third kappa shape index (κ3) is 6.01. The van der Waals surface area contributed by atoms with Crippen LogP contribution in [0, 0.1) is 5.92 Å². The van der Waals surface area contributed by atoms with Crippen LogP contribution in [-0.4, -0.2) is 61.1 Å². The van der Waals surface area contributed by atoms with Gasteiger partial charge in [0.15, 0.2) is 0 Å². The Balaban J connectivity index is 1.48. The van der Waals surface area contributed by atoms with E-state index in [-0.39, 0.29) is 24.5 Å². The number of benzene rings is 1. The van der Waals surface area contributed by atoms with E-state index in [4.69, 9.17) is 9.47 Å². The quantitative estimate of drug-likeness (QED) is 0.483. The molecular weight excluding hydrogens is 462 g/mol. The van der Waals surface area contributed by atoms with Gasteiger partial charge >= 0.3 is 12.0 Å². The molecule has 0 radical (unpaired) electrons. The number of carbonyl (C=O) groups excluding carboxylic acids is 3. The van der Waals surface area contributed by atoms with E-state index in [1.54, 1.807) is 44.5 Å². The third-order valence-electron chi connectivity index (χ3n) is 6.35. The number of urea groups is 1. The second kappa shape index (κ2) is 11.7. The van der Waals surface area contributed by atoms with Crippen LogP contribution < -0.4 is 20.7 Å². The highest BCUT2D eigenvalue weighted by Crippen LogP contribution is 2.30. The molecule has 1 unspecified atom stereocenters. The van der Waals surface area contributed by atoms with Crippen LogP contribution in [0.3, 0.4) is 0 Å². The van der Waals surface area contributed by atoms with Gasteiger partial charge in [0.1, 0.15) is 11.6 Å². The highest BCUT2D eigenvalue weighted by atomic mass is 16.5. The first kappa shape index (κ1) is 25.2. The number of methoxy groups -OCH3 is 1. The molecule has 1 atom stereocenters. The molecule has 36 heavy (non-hydrogen) atoms. The van der Waals surface area contributed by atoms with Gasteiger partial charge in [-0.1, -0.05) is 18.2 Å². The van der Waals surface area contributed by atoms with Crippen LogP contribution >= 0.6 is 0 Å². The largest absolute Gasteiger partial charge is 0.497 e. The Morgan fingerprint density at radius 1 is 1.14 bits per heavy atom. The van der Waals surface area contributed by atoms with Gasteiger partial charge in [0, 0.05) is 24.4 Å². The van der Waals surface area contributed by atoms with Crippen molar-refractivity contribution in [2.24, 2.45) is 5.92 Å². The van der Waals surface area contributed by atoms with Crippen LogP contribution in [0.25, 0.3) is 0 Å². The van der Waals surface area contributed by atoms with Gasteiger partial charge in [0.05, 0.1) is 25.3 Å². The second-order valence-corrected chi connectivity index (χ2v) is 8.67. The standard InChI is InChI=1S/C26H31N5O5/c1-3-36-25(33)22-20(28-26(34)30-23(22)17-7-9-19(35-2)10-8-17)16-31-14-11-18(12-15-31)24(32)29-21-6-4-5-13-27-21/h4-10,13,18,23H,3,11-12,14-16H2,1-2H3,(H,27,29,32)(H2,28,30,34). The van der Waals surface area contributed by atoms with Crippen LogP contribution in [0.5, 0.6) is 5.75 Å². The number of pyridine rings is 1. The van der Waals surface area contributed by atoms with E-state index in [1.165, 1.54) is 0 Å². The first-order valence-corrected chi connectivity index (χ1v) is 12.0. The number of hydrogen-bond acceptors (Lipinski definition) is 7. The molecule has 190 valence electrons. The molecule has 3 amide bonds. The maximum atomic E-state index is 13.0. The number of carbonyl (C=O) groups is 3. The zero-order chi connectivity index (χ0) is 25.5. The molecule has 1 saturated heterocycles. The molecule has 2 aliphatic heterocycles. The Hall–Kier alpha value is -3.92.